The fraction of sp³-hybridized carbons (Fsp3) is 0. The maximum absolute atomic E-state index is 10.9. The Morgan fingerprint density at radius 2 is 2.08 bits per heavy atom. The molecule has 0 fully saturated rings. The largest absolute Gasteiger partial charge is 0.306 e. The second-order valence-corrected chi connectivity index (χ2v) is 3.31. The lowest BCUT2D eigenvalue weighted by atomic mass is 10.3. The molecule has 2 aromatic rings. The Labute approximate surface area is 83.3 Å². The molecule has 5 heteroatoms. The van der Waals surface area contributed by atoms with Crippen molar-refractivity contribution in [3.05, 3.63) is 38.7 Å². The van der Waals surface area contributed by atoms with Crippen LogP contribution in [0.1, 0.15) is 0 Å². The average molecular weight is 215 g/mol. The molecule has 0 aliphatic rings. The summed E-state index contributed by atoms with van der Waals surface area (Å²) in [5.74, 6) is 0. The summed E-state index contributed by atoms with van der Waals surface area (Å²) in [6.45, 7) is 0. The maximum Gasteiger partial charge on any atom is 0.249 e. The SMILES string of the molecule is O=c1ccc2c(Cl)cc(Cl)nc2[nH]1. The van der Waals surface area contributed by atoms with Gasteiger partial charge >= 0.3 is 0 Å². The molecule has 0 saturated heterocycles. The van der Waals surface area contributed by atoms with Gasteiger partial charge in [-0.2, -0.15) is 0 Å². The van der Waals surface area contributed by atoms with Gasteiger partial charge in [-0.05, 0) is 12.1 Å². The summed E-state index contributed by atoms with van der Waals surface area (Å²) in [4.78, 5) is 17.4. The Morgan fingerprint density at radius 3 is 2.85 bits per heavy atom. The van der Waals surface area contributed by atoms with E-state index >= 15 is 0 Å². The number of pyridine rings is 2. The second-order valence-electron chi connectivity index (χ2n) is 2.51. The molecule has 66 valence electrons. The van der Waals surface area contributed by atoms with E-state index in [0.29, 0.717) is 16.1 Å². The Morgan fingerprint density at radius 1 is 1.31 bits per heavy atom. The van der Waals surface area contributed by atoms with Crippen molar-refractivity contribution in [1.82, 2.24) is 9.97 Å². The summed E-state index contributed by atoms with van der Waals surface area (Å²) in [5, 5.41) is 1.43. The predicted octanol–water partition coefficient (Wildman–Crippen LogP) is 2.23. The van der Waals surface area contributed by atoms with Crippen LogP contribution in [0.2, 0.25) is 10.2 Å². The van der Waals surface area contributed by atoms with Crippen LogP contribution in [0.4, 0.5) is 0 Å². The van der Waals surface area contributed by atoms with Crippen molar-refractivity contribution in [2.45, 2.75) is 0 Å². The van der Waals surface area contributed by atoms with Crippen LogP contribution in [0.5, 0.6) is 0 Å². The van der Waals surface area contributed by atoms with Gasteiger partial charge in [-0.1, -0.05) is 23.2 Å². The van der Waals surface area contributed by atoms with Crippen LogP contribution in [-0.2, 0) is 0 Å². The smallest absolute Gasteiger partial charge is 0.249 e. The van der Waals surface area contributed by atoms with Gasteiger partial charge in [0.25, 0.3) is 0 Å². The number of halogens is 2. The van der Waals surface area contributed by atoms with Crippen molar-refractivity contribution >= 4 is 34.2 Å². The van der Waals surface area contributed by atoms with E-state index in [2.05, 4.69) is 9.97 Å². The normalized spacial score (nSPS) is 10.6. The van der Waals surface area contributed by atoms with Crippen LogP contribution in [-0.4, -0.2) is 9.97 Å². The molecule has 0 saturated carbocycles. The number of aromatic nitrogens is 2. The van der Waals surface area contributed by atoms with E-state index in [1.54, 1.807) is 6.07 Å². The van der Waals surface area contributed by atoms with Crippen LogP contribution in [0, 0.1) is 0 Å². The summed E-state index contributed by atoms with van der Waals surface area (Å²) >= 11 is 11.5. The summed E-state index contributed by atoms with van der Waals surface area (Å²) in [6, 6.07) is 4.54. The van der Waals surface area contributed by atoms with E-state index in [9.17, 15) is 4.79 Å². The molecule has 0 amide bonds. The van der Waals surface area contributed by atoms with Gasteiger partial charge in [-0.3, -0.25) is 4.79 Å². The van der Waals surface area contributed by atoms with Gasteiger partial charge in [-0.15, -0.1) is 0 Å². The lowest BCUT2D eigenvalue weighted by Crippen LogP contribution is -2.03. The minimum absolute atomic E-state index is 0.224. The number of nitrogens with zero attached hydrogens (tertiary/aromatic N) is 1. The Hall–Kier alpha value is -1.06. The highest BCUT2D eigenvalue weighted by atomic mass is 35.5. The fourth-order valence-electron chi connectivity index (χ4n) is 1.07. The zero-order chi connectivity index (χ0) is 9.42. The van der Waals surface area contributed by atoms with Crippen molar-refractivity contribution < 1.29 is 0 Å². The topological polar surface area (TPSA) is 45.8 Å². The van der Waals surface area contributed by atoms with Crippen LogP contribution in [0.25, 0.3) is 11.0 Å². The summed E-state index contributed by atoms with van der Waals surface area (Å²) in [5.41, 5.74) is 0.184. The van der Waals surface area contributed by atoms with E-state index in [-0.39, 0.29) is 10.7 Å². The van der Waals surface area contributed by atoms with Crippen molar-refractivity contribution in [2.75, 3.05) is 0 Å². The van der Waals surface area contributed by atoms with Gasteiger partial charge in [0.15, 0.2) is 0 Å². The third kappa shape index (κ3) is 1.53. The highest BCUT2D eigenvalue weighted by Gasteiger charge is 2.02. The Balaban J connectivity index is 2.94. The molecule has 1 N–H and O–H groups in total. The fourth-order valence-corrected chi connectivity index (χ4v) is 1.57. The molecular formula is C8H4Cl2N2O. The molecule has 0 bridgehead atoms. The molecule has 3 nitrogen and oxygen atoms in total. The molecular weight excluding hydrogens is 211 g/mol. The molecule has 2 heterocycles. The summed E-state index contributed by atoms with van der Waals surface area (Å²) in [6.07, 6.45) is 0. The molecule has 0 aromatic carbocycles. The van der Waals surface area contributed by atoms with E-state index in [1.807, 2.05) is 0 Å². The second kappa shape index (κ2) is 3.01. The van der Waals surface area contributed by atoms with E-state index in [0.717, 1.165) is 0 Å². The first-order valence-corrected chi connectivity index (χ1v) is 4.27. The number of rotatable bonds is 0. The van der Waals surface area contributed by atoms with Crippen molar-refractivity contribution in [1.29, 1.82) is 0 Å². The minimum Gasteiger partial charge on any atom is -0.306 e. The summed E-state index contributed by atoms with van der Waals surface area (Å²) in [7, 11) is 0. The number of aromatic amines is 1. The predicted molar refractivity (Wildman–Crippen MR) is 52.4 cm³/mol. The third-order valence-electron chi connectivity index (χ3n) is 1.62. The van der Waals surface area contributed by atoms with Gasteiger partial charge in [0, 0.05) is 11.5 Å². The van der Waals surface area contributed by atoms with Crippen LogP contribution in [0.15, 0.2) is 23.0 Å². The molecule has 0 unspecified atom stereocenters. The van der Waals surface area contributed by atoms with Gasteiger partial charge < -0.3 is 4.98 Å². The van der Waals surface area contributed by atoms with E-state index < -0.39 is 0 Å². The first kappa shape index (κ1) is 8.53. The average Bonchev–Trinajstić information content (AvgIpc) is 2.02. The molecule has 0 radical (unpaired) electrons. The number of nitrogens with one attached hydrogen (secondary N) is 1. The van der Waals surface area contributed by atoms with Gasteiger partial charge in [0.05, 0.1) is 5.02 Å². The summed E-state index contributed by atoms with van der Waals surface area (Å²) < 4.78 is 0. The Kier molecular flexibility index (Phi) is 1.98. The third-order valence-corrected chi connectivity index (χ3v) is 2.13. The number of hydrogen-bond donors (Lipinski definition) is 1. The molecule has 0 aliphatic heterocycles. The van der Waals surface area contributed by atoms with Crippen molar-refractivity contribution in [2.24, 2.45) is 0 Å². The minimum atomic E-state index is -0.224. The van der Waals surface area contributed by atoms with Gasteiger partial charge in [-0.25, -0.2) is 4.98 Å². The zero-order valence-electron chi connectivity index (χ0n) is 6.34. The molecule has 0 spiro atoms. The Bertz CT molecular complexity index is 521. The van der Waals surface area contributed by atoms with Gasteiger partial charge in [0.1, 0.15) is 10.8 Å². The first-order valence-electron chi connectivity index (χ1n) is 3.52. The molecule has 0 atom stereocenters. The molecule has 13 heavy (non-hydrogen) atoms. The highest BCUT2D eigenvalue weighted by molar-refractivity contribution is 6.37. The maximum atomic E-state index is 10.9. The van der Waals surface area contributed by atoms with Crippen molar-refractivity contribution in [3.8, 4) is 0 Å². The molecule has 2 aromatic heterocycles. The zero-order valence-corrected chi connectivity index (χ0v) is 7.86. The monoisotopic (exact) mass is 214 g/mol. The number of hydrogen-bond acceptors (Lipinski definition) is 2. The standard InChI is InChI=1S/C8H4Cl2N2O/c9-5-3-6(10)11-8-4(5)1-2-7(13)12-8/h1-3H,(H,11,12,13). The van der Waals surface area contributed by atoms with E-state index in [1.165, 1.54) is 12.1 Å². The van der Waals surface area contributed by atoms with Crippen LogP contribution < -0.4 is 5.56 Å². The van der Waals surface area contributed by atoms with Crippen LogP contribution in [0.3, 0.4) is 0 Å². The lowest BCUT2D eigenvalue weighted by Gasteiger charge is -1.98. The van der Waals surface area contributed by atoms with E-state index in [4.69, 9.17) is 23.2 Å². The first-order chi connectivity index (χ1) is 6.16. The number of fused-ring (bicyclic) bond motifs is 1. The number of H-pyrrole nitrogens is 1. The quantitative estimate of drug-likeness (QED) is 0.685. The molecule has 0 aliphatic carbocycles. The molecule has 2 rings (SSSR count). The highest BCUT2D eigenvalue weighted by Crippen LogP contribution is 2.22. The van der Waals surface area contributed by atoms with Gasteiger partial charge in [0.2, 0.25) is 5.56 Å². The van der Waals surface area contributed by atoms with Crippen molar-refractivity contribution in [3.63, 3.8) is 0 Å². The van der Waals surface area contributed by atoms with Crippen LogP contribution >= 0.6 is 23.2 Å². The lowest BCUT2D eigenvalue weighted by molar-refractivity contribution is 1.23.